The minimum atomic E-state index is 0.648. The topological polar surface area (TPSA) is 35.8 Å². The minimum absolute atomic E-state index is 0.648. The van der Waals surface area contributed by atoms with Crippen molar-refractivity contribution in [2.24, 2.45) is 5.92 Å². The Bertz CT molecular complexity index is 368. The van der Waals surface area contributed by atoms with E-state index in [4.69, 9.17) is 5.26 Å². The van der Waals surface area contributed by atoms with Crippen molar-refractivity contribution in [2.75, 3.05) is 11.9 Å². The lowest BCUT2D eigenvalue weighted by molar-refractivity contribution is 0.593. The normalized spacial score (nSPS) is 11.9. The van der Waals surface area contributed by atoms with E-state index in [1.165, 1.54) is 0 Å². The van der Waals surface area contributed by atoms with E-state index in [1.807, 2.05) is 18.2 Å². The largest absolute Gasteiger partial charge is 0.385 e. The smallest absolute Gasteiger partial charge is 0.0992 e. The number of benzene rings is 1. The highest BCUT2D eigenvalue weighted by Gasteiger charge is 2.01. The molecule has 0 aliphatic carbocycles. The average molecular weight is 267 g/mol. The number of nitriles is 1. The van der Waals surface area contributed by atoms with Gasteiger partial charge in [0, 0.05) is 16.7 Å². The molecule has 0 bridgehead atoms. The van der Waals surface area contributed by atoms with E-state index in [0.29, 0.717) is 11.5 Å². The molecule has 15 heavy (non-hydrogen) atoms. The van der Waals surface area contributed by atoms with Gasteiger partial charge in [0.05, 0.1) is 11.6 Å². The second kappa shape index (κ2) is 5.77. The molecule has 1 N–H and O–H groups in total. The van der Waals surface area contributed by atoms with Crippen molar-refractivity contribution in [1.29, 1.82) is 5.26 Å². The third kappa shape index (κ3) is 3.93. The Kier molecular flexibility index (Phi) is 4.64. The zero-order valence-electron chi connectivity index (χ0n) is 9.05. The summed E-state index contributed by atoms with van der Waals surface area (Å²) in [4.78, 5) is 0. The molecule has 1 aromatic carbocycles. The van der Waals surface area contributed by atoms with Gasteiger partial charge in [0.25, 0.3) is 0 Å². The highest BCUT2D eigenvalue weighted by molar-refractivity contribution is 9.10. The molecule has 0 spiro atoms. The predicted molar refractivity (Wildman–Crippen MR) is 66.8 cm³/mol. The highest BCUT2D eigenvalue weighted by Crippen LogP contribution is 2.19. The first kappa shape index (κ1) is 12.1. The van der Waals surface area contributed by atoms with Crippen molar-refractivity contribution in [3.8, 4) is 6.07 Å². The predicted octanol–water partition coefficient (Wildman–Crippen LogP) is 3.78. The summed E-state index contributed by atoms with van der Waals surface area (Å²) in [6.07, 6.45) is 1.16. The number of halogens is 1. The van der Waals surface area contributed by atoms with Gasteiger partial charge in [-0.25, -0.2) is 0 Å². The van der Waals surface area contributed by atoms with Crippen LogP contribution in [0.4, 0.5) is 5.69 Å². The van der Waals surface area contributed by atoms with Crippen LogP contribution in [-0.2, 0) is 0 Å². The molecule has 1 rings (SSSR count). The van der Waals surface area contributed by atoms with Crippen LogP contribution in [0.25, 0.3) is 0 Å². The molecular weight excluding hydrogens is 252 g/mol. The standard InChI is InChI=1S/C12H15BrN2/c1-3-9(2)8-15-12-5-10(7-14)4-11(13)6-12/h4-6,9,15H,3,8H2,1-2H3. The Labute approximate surface area is 99.4 Å². The summed E-state index contributed by atoms with van der Waals surface area (Å²) in [5.41, 5.74) is 1.68. The number of anilines is 1. The zero-order valence-corrected chi connectivity index (χ0v) is 10.6. The van der Waals surface area contributed by atoms with Gasteiger partial charge < -0.3 is 5.32 Å². The molecule has 2 nitrogen and oxygen atoms in total. The minimum Gasteiger partial charge on any atom is -0.385 e. The van der Waals surface area contributed by atoms with Gasteiger partial charge in [-0.3, -0.25) is 0 Å². The van der Waals surface area contributed by atoms with Crippen LogP contribution in [0.1, 0.15) is 25.8 Å². The summed E-state index contributed by atoms with van der Waals surface area (Å²) in [5.74, 6) is 0.648. The zero-order chi connectivity index (χ0) is 11.3. The molecule has 0 amide bonds. The van der Waals surface area contributed by atoms with Crippen LogP contribution in [0, 0.1) is 17.2 Å². The Morgan fingerprint density at radius 3 is 2.80 bits per heavy atom. The van der Waals surface area contributed by atoms with E-state index in [1.54, 1.807) is 0 Å². The summed E-state index contributed by atoms with van der Waals surface area (Å²) >= 11 is 3.39. The van der Waals surface area contributed by atoms with Crippen LogP contribution in [0.15, 0.2) is 22.7 Å². The van der Waals surface area contributed by atoms with E-state index in [-0.39, 0.29) is 0 Å². The van der Waals surface area contributed by atoms with E-state index in [2.05, 4.69) is 41.2 Å². The molecule has 80 valence electrons. The third-order valence-electron chi connectivity index (χ3n) is 2.38. The van der Waals surface area contributed by atoms with Gasteiger partial charge in [-0.15, -0.1) is 0 Å². The lowest BCUT2D eigenvalue weighted by Gasteiger charge is -2.11. The molecule has 0 saturated heterocycles. The van der Waals surface area contributed by atoms with Gasteiger partial charge in [-0.2, -0.15) is 5.26 Å². The van der Waals surface area contributed by atoms with Crippen LogP contribution in [0.3, 0.4) is 0 Å². The maximum absolute atomic E-state index is 8.81. The highest BCUT2D eigenvalue weighted by atomic mass is 79.9. The van der Waals surface area contributed by atoms with E-state index in [0.717, 1.165) is 23.1 Å². The average Bonchev–Trinajstić information content (AvgIpc) is 2.25. The molecule has 0 radical (unpaired) electrons. The van der Waals surface area contributed by atoms with E-state index in [9.17, 15) is 0 Å². The number of hydrogen-bond acceptors (Lipinski definition) is 2. The van der Waals surface area contributed by atoms with Crippen LogP contribution in [-0.4, -0.2) is 6.54 Å². The van der Waals surface area contributed by atoms with Gasteiger partial charge in [-0.1, -0.05) is 36.2 Å². The molecule has 1 aromatic rings. The maximum atomic E-state index is 8.81. The second-order valence-corrected chi connectivity index (χ2v) is 4.65. The van der Waals surface area contributed by atoms with E-state index < -0.39 is 0 Å². The second-order valence-electron chi connectivity index (χ2n) is 3.73. The molecule has 0 aromatic heterocycles. The summed E-state index contributed by atoms with van der Waals surface area (Å²) in [5, 5.41) is 12.1. The van der Waals surface area contributed by atoms with Crippen molar-refractivity contribution < 1.29 is 0 Å². The fourth-order valence-corrected chi connectivity index (χ4v) is 1.69. The van der Waals surface area contributed by atoms with Crippen LogP contribution < -0.4 is 5.32 Å². The van der Waals surface area contributed by atoms with Crippen molar-refractivity contribution in [3.05, 3.63) is 28.2 Å². The lowest BCUT2D eigenvalue weighted by Crippen LogP contribution is -2.10. The number of nitrogens with zero attached hydrogens (tertiary/aromatic N) is 1. The molecule has 0 fully saturated rings. The van der Waals surface area contributed by atoms with Gasteiger partial charge >= 0.3 is 0 Å². The Hall–Kier alpha value is -1.01. The van der Waals surface area contributed by atoms with E-state index >= 15 is 0 Å². The molecule has 0 aliphatic heterocycles. The monoisotopic (exact) mass is 266 g/mol. The van der Waals surface area contributed by atoms with Crippen LogP contribution in [0.2, 0.25) is 0 Å². The van der Waals surface area contributed by atoms with Crippen molar-refractivity contribution in [1.82, 2.24) is 0 Å². The molecule has 0 saturated carbocycles. The molecular formula is C12H15BrN2. The van der Waals surface area contributed by atoms with Crippen LogP contribution in [0.5, 0.6) is 0 Å². The van der Waals surface area contributed by atoms with Crippen molar-refractivity contribution >= 4 is 21.6 Å². The molecule has 3 heteroatoms. The Morgan fingerprint density at radius 2 is 2.20 bits per heavy atom. The SMILES string of the molecule is CCC(C)CNc1cc(Br)cc(C#N)c1. The van der Waals surface area contributed by atoms with Crippen LogP contribution >= 0.6 is 15.9 Å². The number of nitrogens with one attached hydrogen (secondary N) is 1. The molecule has 1 atom stereocenters. The summed E-state index contributed by atoms with van der Waals surface area (Å²) < 4.78 is 0.938. The van der Waals surface area contributed by atoms with Gasteiger partial charge in [0.15, 0.2) is 0 Å². The quantitative estimate of drug-likeness (QED) is 0.901. The number of rotatable bonds is 4. The first-order chi connectivity index (χ1) is 7.15. The summed E-state index contributed by atoms with van der Waals surface area (Å²) in [6.45, 7) is 5.32. The molecule has 0 heterocycles. The van der Waals surface area contributed by atoms with Crippen molar-refractivity contribution in [2.45, 2.75) is 20.3 Å². The first-order valence-corrected chi connectivity index (χ1v) is 5.89. The van der Waals surface area contributed by atoms with Crippen molar-refractivity contribution in [3.63, 3.8) is 0 Å². The summed E-state index contributed by atoms with van der Waals surface area (Å²) in [6, 6.07) is 7.81. The fraction of sp³-hybridized carbons (Fsp3) is 0.417. The van der Waals surface area contributed by atoms with Gasteiger partial charge in [0.1, 0.15) is 0 Å². The summed E-state index contributed by atoms with van der Waals surface area (Å²) in [7, 11) is 0. The third-order valence-corrected chi connectivity index (χ3v) is 2.84. The molecule has 1 unspecified atom stereocenters. The van der Waals surface area contributed by atoms with Gasteiger partial charge in [-0.05, 0) is 24.1 Å². The maximum Gasteiger partial charge on any atom is 0.0992 e. The Morgan fingerprint density at radius 1 is 1.47 bits per heavy atom. The fourth-order valence-electron chi connectivity index (χ4n) is 1.19. The molecule has 0 aliphatic rings. The number of hydrogen-bond donors (Lipinski definition) is 1. The first-order valence-electron chi connectivity index (χ1n) is 5.10. The van der Waals surface area contributed by atoms with Gasteiger partial charge in [0.2, 0.25) is 0 Å². The lowest BCUT2D eigenvalue weighted by atomic mass is 10.1. The Balaban J connectivity index is 2.69.